The number of carbonyl (C=O) groups excluding carboxylic acids is 3. The number of carbonyl (C=O) groups is 4. The van der Waals surface area contributed by atoms with Gasteiger partial charge in [-0.2, -0.15) is 0 Å². The van der Waals surface area contributed by atoms with E-state index in [0.29, 0.717) is 17.5 Å². The Balaban J connectivity index is 2.22. The molecule has 0 spiro atoms. The fraction of sp³-hybridized carbons (Fsp3) is 0.407. The Labute approximate surface area is 226 Å². The van der Waals surface area contributed by atoms with Crippen molar-refractivity contribution in [1.82, 2.24) is 16.0 Å². The van der Waals surface area contributed by atoms with Crippen LogP contribution in [0.4, 0.5) is 0 Å². The molecule has 0 saturated carbocycles. The van der Waals surface area contributed by atoms with Gasteiger partial charge >= 0.3 is 5.97 Å². The van der Waals surface area contributed by atoms with Crippen LogP contribution >= 0.6 is 0 Å². The van der Waals surface area contributed by atoms with Crippen LogP contribution in [0, 0.1) is 5.92 Å². The zero-order valence-electron chi connectivity index (χ0n) is 21.8. The number of hydrogen-bond donors (Lipinski definition) is 8. The summed E-state index contributed by atoms with van der Waals surface area (Å²) in [5.41, 5.74) is 7.00. The Hall–Kier alpha value is -4.16. The second-order valence-corrected chi connectivity index (χ2v) is 9.36. The zero-order valence-corrected chi connectivity index (χ0v) is 21.8. The molecule has 2 aromatic carbocycles. The second kappa shape index (κ2) is 14.7. The van der Waals surface area contributed by atoms with Crippen LogP contribution in [0.25, 0.3) is 0 Å². The van der Waals surface area contributed by atoms with Crippen molar-refractivity contribution in [2.75, 3.05) is 6.61 Å². The lowest BCUT2D eigenvalue weighted by Crippen LogP contribution is -2.59. The summed E-state index contributed by atoms with van der Waals surface area (Å²) in [4.78, 5) is 50.6. The Morgan fingerprint density at radius 1 is 0.744 bits per heavy atom. The number of aliphatic carboxylic acids is 1. The van der Waals surface area contributed by atoms with Crippen molar-refractivity contribution < 1.29 is 39.6 Å². The van der Waals surface area contributed by atoms with Gasteiger partial charge in [0, 0.05) is 12.8 Å². The van der Waals surface area contributed by atoms with Crippen LogP contribution in [0.15, 0.2) is 48.5 Å². The maximum Gasteiger partial charge on any atom is 0.326 e. The summed E-state index contributed by atoms with van der Waals surface area (Å²) >= 11 is 0. The van der Waals surface area contributed by atoms with E-state index < -0.39 is 54.5 Å². The van der Waals surface area contributed by atoms with Crippen LogP contribution in [0.3, 0.4) is 0 Å². The third kappa shape index (κ3) is 9.58. The average Bonchev–Trinajstić information content (AvgIpc) is 2.91. The number of aliphatic hydroxyl groups excluding tert-OH is 1. The lowest BCUT2D eigenvalue weighted by atomic mass is 9.99. The van der Waals surface area contributed by atoms with E-state index >= 15 is 0 Å². The number of nitrogens with two attached hydrogens (primary N) is 1. The van der Waals surface area contributed by atoms with E-state index in [4.69, 9.17) is 5.73 Å². The molecule has 0 radical (unpaired) electrons. The molecule has 0 aliphatic carbocycles. The molecule has 2 aromatic rings. The van der Waals surface area contributed by atoms with Gasteiger partial charge < -0.3 is 42.1 Å². The number of benzene rings is 2. The van der Waals surface area contributed by atoms with E-state index in [-0.39, 0.29) is 30.3 Å². The van der Waals surface area contributed by atoms with E-state index in [0.717, 1.165) is 0 Å². The van der Waals surface area contributed by atoms with Crippen molar-refractivity contribution >= 4 is 23.7 Å². The maximum absolute atomic E-state index is 13.2. The van der Waals surface area contributed by atoms with E-state index in [2.05, 4.69) is 16.0 Å². The third-order valence-electron chi connectivity index (χ3n) is 6.38. The first-order valence-electron chi connectivity index (χ1n) is 12.5. The maximum atomic E-state index is 13.2. The van der Waals surface area contributed by atoms with Crippen molar-refractivity contribution in [3.05, 3.63) is 59.7 Å². The van der Waals surface area contributed by atoms with Gasteiger partial charge in [-0.3, -0.25) is 14.4 Å². The number of nitrogens with one attached hydrogen (secondary N) is 3. The van der Waals surface area contributed by atoms with Crippen molar-refractivity contribution in [3.8, 4) is 11.5 Å². The Kier molecular flexibility index (Phi) is 11.7. The molecular weight excluding hydrogens is 508 g/mol. The highest BCUT2D eigenvalue weighted by Gasteiger charge is 2.31. The summed E-state index contributed by atoms with van der Waals surface area (Å²) < 4.78 is 0. The Bertz CT molecular complexity index is 1120. The fourth-order valence-electron chi connectivity index (χ4n) is 3.66. The molecule has 12 nitrogen and oxygen atoms in total. The van der Waals surface area contributed by atoms with Gasteiger partial charge in [0.05, 0.1) is 12.6 Å². The summed E-state index contributed by atoms with van der Waals surface area (Å²) in [6, 6.07) is 6.69. The number of amides is 3. The van der Waals surface area contributed by atoms with E-state index in [9.17, 15) is 39.6 Å². The molecule has 9 N–H and O–H groups in total. The molecule has 3 amide bonds. The number of aliphatic hydroxyl groups is 1. The largest absolute Gasteiger partial charge is 0.508 e. The summed E-state index contributed by atoms with van der Waals surface area (Å²) in [6.07, 6.45) is 0.445. The van der Waals surface area contributed by atoms with Crippen LogP contribution in [-0.4, -0.2) is 74.9 Å². The monoisotopic (exact) mass is 544 g/mol. The summed E-state index contributed by atoms with van der Waals surface area (Å²) in [7, 11) is 0. The summed E-state index contributed by atoms with van der Waals surface area (Å²) in [5, 5.41) is 45.8. The van der Waals surface area contributed by atoms with Gasteiger partial charge in [-0.05, 0) is 41.3 Å². The van der Waals surface area contributed by atoms with Crippen molar-refractivity contribution in [2.45, 2.75) is 57.3 Å². The Morgan fingerprint density at radius 3 is 1.59 bits per heavy atom. The number of rotatable bonds is 14. The fourth-order valence-corrected chi connectivity index (χ4v) is 3.66. The van der Waals surface area contributed by atoms with Gasteiger partial charge in [0.15, 0.2) is 0 Å². The van der Waals surface area contributed by atoms with E-state index in [1.54, 1.807) is 6.92 Å². The van der Waals surface area contributed by atoms with Crippen molar-refractivity contribution in [1.29, 1.82) is 0 Å². The molecule has 0 aromatic heterocycles. The van der Waals surface area contributed by atoms with E-state index in [1.165, 1.54) is 48.5 Å². The molecule has 5 unspecified atom stereocenters. The SMILES string of the molecule is CCC(C)C(N)C(=O)NC(CO)C(=O)NC(Cc1ccc(O)cc1)C(=O)NC(Cc1ccc(O)cc1)C(=O)O. The first-order valence-corrected chi connectivity index (χ1v) is 12.5. The molecule has 0 heterocycles. The van der Waals surface area contributed by atoms with E-state index in [1.807, 2.05) is 6.92 Å². The zero-order chi connectivity index (χ0) is 29.1. The first-order chi connectivity index (χ1) is 18.4. The van der Waals surface area contributed by atoms with Crippen molar-refractivity contribution in [2.24, 2.45) is 11.7 Å². The number of carboxylic acid groups (broad SMARTS) is 1. The van der Waals surface area contributed by atoms with Gasteiger partial charge in [-0.1, -0.05) is 44.5 Å². The number of phenols is 2. The number of carboxylic acids is 1. The molecule has 0 fully saturated rings. The normalized spacial score (nSPS) is 14.8. The molecule has 2 rings (SSSR count). The minimum absolute atomic E-state index is 0.00183. The third-order valence-corrected chi connectivity index (χ3v) is 6.38. The standard InChI is InChI=1S/C27H36N4O8/c1-3-15(2)23(28)26(37)31-22(14-32)25(36)29-20(12-16-4-8-18(33)9-5-16)24(35)30-21(27(38)39)13-17-6-10-19(34)11-7-17/h4-11,15,20-23,32-34H,3,12-14,28H2,1-2H3,(H,29,36)(H,30,35)(H,31,37)(H,38,39). The highest BCUT2D eigenvalue weighted by atomic mass is 16.4. The Morgan fingerprint density at radius 2 is 1.15 bits per heavy atom. The number of hydrogen-bond acceptors (Lipinski definition) is 8. The van der Waals surface area contributed by atoms with Crippen LogP contribution in [0.2, 0.25) is 0 Å². The highest BCUT2D eigenvalue weighted by Crippen LogP contribution is 2.14. The van der Waals surface area contributed by atoms with Gasteiger partial charge in [0.25, 0.3) is 0 Å². The lowest BCUT2D eigenvalue weighted by Gasteiger charge is -2.25. The summed E-state index contributed by atoms with van der Waals surface area (Å²) in [6.45, 7) is 2.86. The van der Waals surface area contributed by atoms with Crippen molar-refractivity contribution in [3.63, 3.8) is 0 Å². The predicted octanol–water partition coefficient (Wildman–Crippen LogP) is -0.212. The second-order valence-electron chi connectivity index (χ2n) is 9.36. The van der Waals surface area contributed by atoms with Crippen LogP contribution < -0.4 is 21.7 Å². The highest BCUT2D eigenvalue weighted by molar-refractivity contribution is 5.94. The molecule has 0 aliphatic heterocycles. The van der Waals surface area contributed by atoms with Crippen LogP contribution in [0.5, 0.6) is 11.5 Å². The quantitative estimate of drug-likeness (QED) is 0.158. The predicted molar refractivity (Wildman–Crippen MR) is 142 cm³/mol. The lowest BCUT2D eigenvalue weighted by molar-refractivity contribution is -0.142. The van der Waals surface area contributed by atoms with Gasteiger partial charge in [0.2, 0.25) is 17.7 Å². The first kappa shape index (κ1) is 31.1. The molecule has 0 bridgehead atoms. The molecule has 5 atom stereocenters. The summed E-state index contributed by atoms with van der Waals surface area (Å²) in [5.74, 6) is -3.83. The molecule has 0 aliphatic rings. The number of aromatic hydroxyl groups is 2. The van der Waals surface area contributed by atoms with Gasteiger partial charge in [0.1, 0.15) is 29.6 Å². The molecule has 212 valence electrons. The molecule has 39 heavy (non-hydrogen) atoms. The minimum atomic E-state index is -1.41. The molecule has 0 saturated heterocycles. The molecular formula is C27H36N4O8. The van der Waals surface area contributed by atoms with Crippen LogP contribution in [-0.2, 0) is 32.0 Å². The number of phenolic OH excluding ortho intramolecular Hbond substituents is 2. The van der Waals surface area contributed by atoms with Crippen LogP contribution in [0.1, 0.15) is 31.4 Å². The topological polar surface area (TPSA) is 211 Å². The smallest absolute Gasteiger partial charge is 0.326 e. The molecule has 12 heteroatoms. The average molecular weight is 545 g/mol. The van der Waals surface area contributed by atoms with Gasteiger partial charge in [-0.25, -0.2) is 4.79 Å². The minimum Gasteiger partial charge on any atom is -0.508 e. The van der Waals surface area contributed by atoms with Gasteiger partial charge in [-0.15, -0.1) is 0 Å².